The third-order valence-electron chi connectivity index (χ3n) is 3.05. The fourth-order valence-corrected chi connectivity index (χ4v) is 2.34. The molecule has 0 radical (unpaired) electrons. The molecule has 1 heterocycles. The number of hydrogen-bond acceptors (Lipinski definition) is 3. The number of fused-ring (bicyclic) bond motifs is 1. The van der Waals surface area contributed by atoms with Crippen molar-refractivity contribution in [3.05, 3.63) is 70.5 Å². The van der Waals surface area contributed by atoms with Crippen molar-refractivity contribution in [1.29, 1.82) is 0 Å². The topological polar surface area (TPSA) is 42.3 Å². The number of benzene rings is 1. The second-order valence-corrected chi connectivity index (χ2v) is 4.96. The van der Waals surface area contributed by atoms with Crippen LogP contribution >= 0.6 is 11.6 Å². The Labute approximate surface area is 137 Å². The third kappa shape index (κ3) is 3.12. The van der Waals surface area contributed by atoms with E-state index >= 15 is 0 Å². The zero-order valence-electron chi connectivity index (χ0n) is 11.1. The second-order valence-electron chi connectivity index (χ2n) is 4.55. The molecule has 1 aliphatic rings. The van der Waals surface area contributed by atoms with Crippen molar-refractivity contribution in [2.75, 3.05) is 0 Å². The van der Waals surface area contributed by atoms with Gasteiger partial charge in [0.05, 0.1) is 16.4 Å². The first-order valence-electron chi connectivity index (χ1n) is 6.18. The maximum Gasteiger partial charge on any atom is 0.204 e. The molecular formula is C16H11ClN2NiO. The minimum atomic E-state index is -0.102. The molecular weight excluding hydrogens is 330 g/mol. The normalized spacial score (nSPS) is 14.8. The van der Waals surface area contributed by atoms with Gasteiger partial charge >= 0.3 is 0 Å². The van der Waals surface area contributed by atoms with Gasteiger partial charge in [0.2, 0.25) is 5.78 Å². The first-order valence-corrected chi connectivity index (χ1v) is 6.55. The summed E-state index contributed by atoms with van der Waals surface area (Å²) in [6.45, 7) is 1.97. The Kier molecular flexibility index (Phi) is 4.71. The maximum atomic E-state index is 11.8. The molecule has 0 saturated heterocycles. The molecule has 0 N–H and O–H groups in total. The van der Waals surface area contributed by atoms with Gasteiger partial charge < -0.3 is 0 Å². The molecule has 1 aromatic heterocycles. The predicted molar refractivity (Wildman–Crippen MR) is 80.1 cm³/mol. The number of pyridine rings is 1. The quantitative estimate of drug-likeness (QED) is 0.738. The fraction of sp³-hybridized carbons (Fsp3) is 0.0625. The molecule has 5 heteroatoms. The number of hydrogen-bond donors (Lipinski definition) is 0. The first-order chi connectivity index (χ1) is 9.65. The smallest absolute Gasteiger partial charge is 0.204 e. The van der Waals surface area contributed by atoms with Crippen LogP contribution in [0, 0.1) is 6.92 Å². The minimum Gasteiger partial charge on any atom is -0.288 e. The molecule has 3 nitrogen and oxygen atoms in total. The number of aliphatic imine (C=N–C) groups is 1. The van der Waals surface area contributed by atoms with Gasteiger partial charge in [0.1, 0.15) is 5.69 Å². The number of halogens is 1. The number of allylic oxidation sites excluding steroid dienone is 2. The molecule has 0 bridgehead atoms. The summed E-state index contributed by atoms with van der Waals surface area (Å²) in [5, 5.41) is 0.591. The van der Waals surface area contributed by atoms with Gasteiger partial charge in [-0.3, -0.25) is 9.78 Å². The van der Waals surface area contributed by atoms with Crippen LogP contribution in [0.15, 0.2) is 53.7 Å². The Morgan fingerprint density at radius 1 is 1.19 bits per heavy atom. The average Bonchev–Trinajstić information content (AvgIpc) is 2.45. The Morgan fingerprint density at radius 2 is 2.00 bits per heavy atom. The molecule has 1 aliphatic carbocycles. The zero-order chi connectivity index (χ0) is 14.1. The van der Waals surface area contributed by atoms with E-state index in [1.54, 1.807) is 18.3 Å². The van der Waals surface area contributed by atoms with Crippen LogP contribution in [0.3, 0.4) is 0 Å². The van der Waals surface area contributed by atoms with E-state index in [4.69, 9.17) is 11.6 Å². The van der Waals surface area contributed by atoms with Crippen molar-refractivity contribution >= 4 is 28.8 Å². The minimum absolute atomic E-state index is 0. The summed E-state index contributed by atoms with van der Waals surface area (Å²) in [7, 11) is 0. The summed E-state index contributed by atoms with van der Waals surface area (Å²) in [6.07, 6.45) is 4.78. The molecule has 0 spiro atoms. The van der Waals surface area contributed by atoms with Gasteiger partial charge in [-0.15, -0.1) is 0 Å². The predicted octanol–water partition coefficient (Wildman–Crippen LogP) is 3.91. The maximum absolute atomic E-state index is 11.8. The number of rotatable bonds is 1. The van der Waals surface area contributed by atoms with E-state index in [1.165, 1.54) is 6.08 Å². The number of nitrogens with zero attached hydrogens (tertiary/aromatic N) is 2. The van der Waals surface area contributed by atoms with Gasteiger partial charge in [0.15, 0.2) is 0 Å². The number of carbonyl (C=O) groups is 1. The SMILES string of the molecule is Cc1ccc(N=C2C=CC(=O)c3ncccc32)c(Cl)c1.[Ni]. The van der Waals surface area contributed by atoms with Crippen LogP contribution in [0.4, 0.5) is 5.69 Å². The third-order valence-corrected chi connectivity index (χ3v) is 3.36. The van der Waals surface area contributed by atoms with Gasteiger partial charge in [-0.2, -0.15) is 0 Å². The molecule has 0 saturated carbocycles. The second kappa shape index (κ2) is 6.34. The van der Waals surface area contributed by atoms with E-state index in [0.29, 0.717) is 22.1 Å². The standard InChI is InChI=1S/C16H11ClN2O.Ni/c1-10-4-5-14(12(17)9-10)19-13-6-7-15(20)16-11(13)3-2-8-18-16;/h2-9H,1H3;. The van der Waals surface area contributed by atoms with Gasteiger partial charge in [0.25, 0.3) is 0 Å². The molecule has 21 heavy (non-hydrogen) atoms. The van der Waals surface area contributed by atoms with Crippen molar-refractivity contribution < 1.29 is 21.3 Å². The molecule has 108 valence electrons. The van der Waals surface area contributed by atoms with E-state index < -0.39 is 0 Å². The number of aromatic nitrogens is 1. The Bertz CT molecular complexity index is 769. The van der Waals surface area contributed by atoms with Crippen LogP contribution in [0.1, 0.15) is 21.6 Å². The number of aryl methyl sites for hydroxylation is 1. The van der Waals surface area contributed by atoms with Crippen molar-refractivity contribution in [3.63, 3.8) is 0 Å². The fourth-order valence-electron chi connectivity index (χ4n) is 2.06. The van der Waals surface area contributed by atoms with Crippen molar-refractivity contribution in [2.45, 2.75) is 6.92 Å². The molecule has 3 rings (SSSR count). The van der Waals surface area contributed by atoms with Gasteiger partial charge in [-0.05, 0) is 48.9 Å². The van der Waals surface area contributed by atoms with Gasteiger partial charge in [0, 0.05) is 28.3 Å². The summed E-state index contributed by atoms with van der Waals surface area (Å²) in [5.74, 6) is -0.102. The van der Waals surface area contributed by atoms with E-state index in [1.807, 2.05) is 31.2 Å². The summed E-state index contributed by atoms with van der Waals surface area (Å²) < 4.78 is 0. The van der Waals surface area contributed by atoms with E-state index in [-0.39, 0.29) is 22.3 Å². The first kappa shape index (κ1) is 15.6. The van der Waals surface area contributed by atoms with E-state index in [0.717, 1.165) is 11.1 Å². The van der Waals surface area contributed by atoms with Crippen LogP contribution in [-0.4, -0.2) is 16.5 Å². The summed E-state index contributed by atoms with van der Waals surface area (Å²) in [5.41, 5.74) is 3.61. The molecule has 0 fully saturated rings. The molecule has 0 amide bonds. The molecule has 1 aromatic carbocycles. The Balaban J connectivity index is 0.00000161. The summed E-state index contributed by atoms with van der Waals surface area (Å²) in [4.78, 5) is 20.4. The van der Waals surface area contributed by atoms with Gasteiger partial charge in [-0.25, -0.2) is 4.99 Å². The molecule has 0 aliphatic heterocycles. The van der Waals surface area contributed by atoms with E-state index in [9.17, 15) is 4.79 Å². The number of ketones is 1. The Morgan fingerprint density at radius 3 is 2.76 bits per heavy atom. The Hall–Kier alpha value is -1.77. The van der Waals surface area contributed by atoms with Crippen LogP contribution in [0.5, 0.6) is 0 Å². The van der Waals surface area contributed by atoms with Gasteiger partial charge in [-0.1, -0.05) is 17.7 Å². The van der Waals surface area contributed by atoms with Crippen molar-refractivity contribution in [1.82, 2.24) is 4.98 Å². The average molecular weight is 341 g/mol. The zero-order valence-corrected chi connectivity index (χ0v) is 12.9. The van der Waals surface area contributed by atoms with E-state index in [2.05, 4.69) is 9.98 Å². The van der Waals surface area contributed by atoms with Crippen LogP contribution in [0.25, 0.3) is 0 Å². The van der Waals surface area contributed by atoms with Crippen molar-refractivity contribution in [2.24, 2.45) is 4.99 Å². The molecule has 2 aromatic rings. The van der Waals surface area contributed by atoms with Crippen molar-refractivity contribution in [3.8, 4) is 0 Å². The molecule has 0 unspecified atom stereocenters. The number of carbonyl (C=O) groups excluding carboxylic acids is 1. The summed E-state index contributed by atoms with van der Waals surface area (Å²) in [6, 6.07) is 9.31. The van der Waals surface area contributed by atoms with Crippen LogP contribution in [0.2, 0.25) is 5.02 Å². The van der Waals surface area contributed by atoms with Crippen LogP contribution < -0.4 is 0 Å². The largest absolute Gasteiger partial charge is 0.288 e. The monoisotopic (exact) mass is 340 g/mol. The molecule has 0 atom stereocenters. The summed E-state index contributed by atoms with van der Waals surface area (Å²) >= 11 is 6.19. The van der Waals surface area contributed by atoms with Crippen LogP contribution in [-0.2, 0) is 16.5 Å².